The van der Waals surface area contributed by atoms with Crippen molar-refractivity contribution >= 4 is 21.9 Å². The largest absolute Gasteiger partial charge is 0.467 e. The molecule has 0 saturated heterocycles. The fraction of sp³-hybridized carbons (Fsp3) is 0.188. The van der Waals surface area contributed by atoms with Gasteiger partial charge in [-0.15, -0.1) is 6.42 Å². The topological polar surface area (TPSA) is 52.6 Å². The van der Waals surface area contributed by atoms with Crippen LogP contribution < -0.4 is 10.4 Å². The molecule has 20 heavy (non-hydrogen) atoms. The van der Waals surface area contributed by atoms with Gasteiger partial charge in [-0.3, -0.25) is 0 Å². The van der Waals surface area contributed by atoms with E-state index >= 15 is 0 Å². The molecular weight excluding hydrogens is 256 g/mol. The first kappa shape index (κ1) is 12.4. The molecule has 0 aliphatic rings. The summed E-state index contributed by atoms with van der Waals surface area (Å²) >= 11 is 0. The molecule has 0 unspecified atom stereocenters. The Bertz CT molecular complexity index is 890. The summed E-state index contributed by atoms with van der Waals surface area (Å²) < 4.78 is 16.5. The third-order valence-corrected chi connectivity index (χ3v) is 2.99. The summed E-state index contributed by atoms with van der Waals surface area (Å²) in [5.41, 5.74) is -0.451. The minimum atomic E-state index is -0.845. The van der Waals surface area contributed by atoms with Gasteiger partial charge in [-0.1, -0.05) is 5.92 Å². The minimum Gasteiger partial charge on any atom is -0.467 e. The van der Waals surface area contributed by atoms with Gasteiger partial charge in [0.05, 0.1) is 6.26 Å². The number of furan rings is 1. The van der Waals surface area contributed by atoms with Crippen LogP contribution in [0.1, 0.15) is 13.8 Å². The molecule has 3 aromatic rings. The summed E-state index contributed by atoms with van der Waals surface area (Å²) in [6.07, 6.45) is 7.00. The van der Waals surface area contributed by atoms with Gasteiger partial charge in [0.2, 0.25) is 5.75 Å². The summed E-state index contributed by atoms with van der Waals surface area (Å²) in [6.45, 7) is 3.50. The number of fused-ring (bicyclic) bond motifs is 2. The van der Waals surface area contributed by atoms with E-state index in [4.69, 9.17) is 20.0 Å². The van der Waals surface area contributed by atoms with Crippen molar-refractivity contribution in [1.82, 2.24) is 0 Å². The van der Waals surface area contributed by atoms with Crippen molar-refractivity contribution in [3.63, 3.8) is 0 Å². The molecule has 3 rings (SSSR count). The number of ether oxygens (including phenoxy) is 1. The first-order valence-electron chi connectivity index (χ1n) is 6.11. The zero-order valence-corrected chi connectivity index (χ0v) is 11.1. The van der Waals surface area contributed by atoms with Crippen molar-refractivity contribution in [3.05, 3.63) is 40.9 Å². The van der Waals surface area contributed by atoms with E-state index in [2.05, 4.69) is 5.92 Å². The van der Waals surface area contributed by atoms with E-state index < -0.39 is 11.2 Å². The van der Waals surface area contributed by atoms with E-state index in [-0.39, 0.29) is 0 Å². The molecule has 0 saturated carbocycles. The van der Waals surface area contributed by atoms with Crippen molar-refractivity contribution in [2.24, 2.45) is 0 Å². The normalized spacial score (nSPS) is 11.7. The second kappa shape index (κ2) is 4.17. The molecule has 0 aliphatic heterocycles. The highest BCUT2D eigenvalue weighted by atomic mass is 16.5. The average Bonchev–Trinajstić information content (AvgIpc) is 2.87. The molecule has 0 amide bonds. The highest BCUT2D eigenvalue weighted by Crippen LogP contribution is 2.36. The predicted molar refractivity (Wildman–Crippen MR) is 75.8 cm³/mol. The van der Waals surface area contributed by atoms with Crippen LogP contribution in [0.3, 0.4) is 0 Å². The minimum absolute atomic E-state index is 0.336. The van der Waals surface area contributed by atoms with Gasteiger partial charge in [-0.25, -0.2) is 4.79 Å². The van der Waals surface area contributed by atoms with Crippen LogP contribution in [0.5, 0.6) is 5.75 Å². The van der Waals surface area contributed by atoms with Gasteiger partial charge in [-0.05, 0) is 32.0 Å². The molecule has 100 valence electrons. The van der Waals surface area contributed by atoms with E-state index in [1.54, 1.807) is 26.2 Å². The Morgan fingerprint density at radius 3 is 2.70 bits per heavy atom. The van der Waals surface area contributed by atoms with Crippen LogP contribution in [0.2, 0.25) is 0 Å². The van der Waals surface area contributed by atoms with Gasteiger partial charge in [0.25, 0.3) is 0 Å². The standard InChI is InChI=1S/C16H12O4/c1-4-16(2,3)20-15-13-11(7-8-18-13)9-10-5-6-12(17)19-14(10)15/h1,5-9H,2-3H3. The Morgan fingerprint density at radius 2 is 1.95 bits per heavy atom. The monoisotopic (exact) mass is 268 g/mol. The Morgan fingerprint density at radius 1 is 1.20 bits per heavy atom. The lowest BCUT2D eigenvalue weighted by molar-refractivity contribution is 0.173. The Hall–Kier alpha value is -2.67. The van der Waals surface area contributed by atoms with Crippen LogP contribution in [0.25, 0.3) is 21.9 Å². The van der Waals surface area contributed by atoms with E-state index in [0.717, 1.165) is 10.8 Å². The molecular formula is C16H12O4. The van der Waals surface area contributed by atoms with Crippen LogP contribution in [0, 0.1) is 12.3 Å². The van der Waals surface area contributed by atoms with Crippen LogP contribution in [0.4, 0.5) is 0 Å². The number of rotatable bonds is 2. The molecule has 0 aliphatic carbocycles. The lowest BCUT2D eigenvalue weighted by Crippen LogP contribution is -2.25. The van der Waals surface area contributed by atoms with E-state index in [1.807, 2.05) is 12.1 Å². The fourth-order valence-electron chi connectivity index (χ4n) is 1.98. The SMILES string of the molecule is C#CC(C)(C)Oc1c2occc2cc2ccc(=O)oc12. The first-order valence-corrected chi connectivity index (χ1v) is 6.11. The maximum absolute atomic E-state index is 11.5. The van der Waals surface area contributed by atoms with E-state index in [1.165, 1.54) is 6.07 Å². The highest BCUT2D eigenvalue weighted by molar-refractivity contribution is 6.00. The molecule has 4 heteroatoms. The van der Waals surface area contributed by atoms with E-state index in [0.29, 0.717) is 16.9 Å². The third kappa shape index (κ3) is 1.94. The van der Waals surface area contributed by atoms with Crippen molar-refractivity contribution in [3.8, 4) is 18.1 Å². The highest BCUT2D eigenvalue weighted by Gasteiger charge is 2.22. The average molecular weight is 268 g/mol. The lowest BCUT2D eigenvalue weighted by atomic mass is 10.1. The zero-order valence-electron chi connectivity index (χ0n) is 11.1. The van der Waals surface area contributed by atoms with Crippen molar-refractivity contribution in [2.45, 2.75) is 19.4 Å². The summed E-state index contributed by atoms with van der Waals surface area (Å²) in [4.78, 5) is 11.5. The Labute approximate surface area is 114 Å². The molecule has 0 radical (unpaired) electrons. The number of hydrogen-bond acceptors (Lipinski definition) is 4. The second-order valence-electron chi connectivity index (χ2n) is 4.97. The fourth-order valence-corrected chi connectivity index (χ4v) is 1.98. The van der Waals surface area contributed by atoms with Gasteiger partial charge in [0, 0.05) is 16.8 Å². The van der Waals surface area contributed by atoms with Crippen LogP contribution >= 0.6 is 0 Å². The molecule has 1 aromatic carbocycles. The molecule has 0 spiro atoms. The summed E-state index contributed by atoms with van der Waals surface area (Å²) in [5.74, 6) is 2.89. The van der Waals surface area contributed by atoms with Crippen LogP contribution in [0.15, 0.2) is 44.2 Å². The maximum Gasteiger partial charge on any atom is 0.336 e. The summed E-state index contributed by atoms with van der Waals surface area (Å²) in [6, 6.07) is 6.73. The van der Waals surface area contributed by atoms with Gasteiger partial charge in [0.15, 0.2) is 16.8 Å². The molecule has 0 fully saturated rings. The molecule has 4 nitrogen and oxygen atoms in total. The molecule has 0 atom stereocenters. The molecule has 2 aromatic heterocycles. The third-order valence-electron chi connectivity index (χ3n) is 2.99. The Balaban J connectivity index is 2.39. The zero-order chi connectivity index (χ0) is 14.3. The van der Waals surface area contributed by atoms with Gasteiger partial charge < -0.3 is 13.6 Å². The number of hydrogen-bond donors (Lipinski definition) is 0. The number of benzene rings is 1. The van der Waals surface area contributed by atoms with Crippen molar-refractivity contribution in [2.75, 3.05) is 0 Å². The van der Waals surface area contributed by atoms with E-state index in [9.17, 15) is 4.79 Å². The van der Waals surface area contributed by atoms with Gasteiger partial charge >= 0.3 is 5.63 Å². The van der Waals surface area contributed by atoms with Gasteiger partial charge in [0.1, 0.15) is 0 Å². The van der Waals surface area contributed by atoms with Gasteiger partial charge in [-0.2, -0.15) is 0 Å². The first-order chi connectivity index (χ1) is 9.50. The van der Waals surface area contributed by atoms with Crippen molar-refractivity contribution in [1.29, 1.82) is 0 Å². The summed E-state index contributed by atoms with van der Waals surface area (Å²) in [7, 11) is 0. The smallest absolute Gasteiger partial charge is 0.336 e. The maximum atomic E-state index is 11.5. The van der Waals surface area contributed by atoms with Crippen LogP contribution in [-0.4, -0.2) is 5.60 Å². The predicted octanol–water partition coefficient (Wildman–Crippen LogP) is 3.33. The molecule has 2 heterocycles. The van der Waals surface area contributed by atoms with Crippen LogP contribution in [-0.2, 0) is 0 Å². The molecule has 0 N–H and O–H groups in total. The van der Waals surface area contributed by atoms with Crippen molar-refractivity contribution < 1.29 is 13.6 Å². The Kier molecular flexibility index (Phi) is 2.58. The molecule has 0 bridgehead atoms. The second-order valence-corrected chi connectivity index (χ2v) is 4.97. The number of terminal acetylenes is 1. The quantitative estimate of drug-likeness (QED) is 0.528. The lowest BCUT2D eigenvalue weighted by Gasteiger charge is -2.20. The summed E-state index contributed by atoms with van der Waals surface area (Å²) in [5, 5.41) is 1.61.